The van der Waals surface area contributed by atoms with Crippen LogP contribution in [0.1, 0.15) is 41.0 Å². The zero-order chi connectivity index (χ0) is 25.5. The Morgan fingerprint density at radius 2 is 1.74 bits per heavy atom. The van der Waals surface area contributed by atoms with Crippen LogP contribution in [0.15, 0.2) is 36.4 Å². The van der Waals surface area contributed by atoms with Crippen LogP contribution in [-0.4, -0.2) is 62.2 Å². The molecule has 2 amide bonds. The summed E-state index contributed by atoms with van der Waals surface area (Å²) in [6, 6.07) is 9.06. The van der Waals surface area contributed by atoms with Gasteiger partial charge in [-0.15, -0.1) is 0 Å². The van der Waals surface area contributed by atoms with Crippen LogP contribution >= 0.6 is 0 Å². The van der Waals surface area contributed by atoms with Crippen molar-refractivity contribution in [3.05, 3.63) is 57.6 Å². The van der Waals surface area contributed by atoms with Crippen LogP contribution < -0.4 is 14.8 Å². The molecule has 2 unspecified atom stereocenters. The maximum atomic E-state index is 13.3. The van der Waals surface area contributed by atoms with Crippen molar-refractivity contribution in [3.8, 4) is 11.5 Å². The number of hydrogen-bond acceptors (Lipinski definition) is 7. The summed E-state index contributed by atoms with van der Waals surface area (Å²) in [6.45, 7) is 5.92. The van der Waals surface area contributed by atoms with E-state index in [1.807, 2.05) is 0 Å². The molecule has 0 saturated carbocycles. The second-order valence-corrected chi connectivity index (χ2v) is 8.77. The zero-order valence-electron chi connectivity index (χ0n) is 20.4. The van der Waals surface area contributed by atoms with Crippen molar-refractivity contribution in [1.29, 1.82) is 0 Å². The predicted octanol–water partition coefficient (Wildman–Crippen LogP) is 4.00. The summed E-state index contributed by atoms with van der Waals surface area (Å²) in [5.74, 6) is 0.120. The Balaban J connectivity index is 1.90. The molecule has 35 heavy (non-hydrogen) atoms. The van der Waals surface area contributed by atoms with E-state index in [-0.39, 0.29) is 41.9 Å². The molecule has 0 spiro atoms. The number of hydrogen-bond donors (Lipinski definition) is 1. The number of benzene rings is 2. The summed E-state index contributed by atoms with van der Waals surface area (Å²) in [5, 5.41) is 14.4. The van der Waals surface area contributed by atoms with Crippen LogP contribution in [0.4, 0.5) is 11.4 Å². The summed E-state index contributed by atoms with van der Waals surface area (Å²) in [6.07, 6.45) is 1.05. The monoisotopic (exact) mass is 485 g/mol. The molecule has 188 valence electrons. The Labute approximate surface area is 204 Å². The third-order valence-corrected chi connectivity index (χ3v) is 5.83. The lowest BCUT2D eigenvalue weighted by molar-refractivity contribution is -0.385. The lowest BCUT2D eigenvalue weighted by atomic mass is 9.91. The molecule has 10 nitrogen and oxygen atoms in total. The first kappa shape index (κ1) is 26.0. The number of nitro groups is 1. The van der Waals surface area contributed by atoms with E-state index >= 15 is 0 Å². The number of para-hydroxylation sites is 1. The number of nitrogens with one attached hydrogen (secondary N) is 1. The summed E-state index contributed by atoms with van der Waals surface area (Å²) in [4.78, 5) is 39.4. The van der Waals surface area contributed by atoms with Crippen molar-refractivity contribution in [2.75, 3.05) is 45.8 Å². The third kappa shape index (κ3) is 6.27. The smallest absolute Gasteiger partial charge is 0.286 e. The van der Waals surface area contributed by atoms with Gasteiger partial charge in [-0.05, 0) is 30.4 Å². The SMILES string of the molecule is COCCOc1cc([N+](=O)[O-])c(C(=O)Nc2ccccc2C(=O)N2CC(C)CC(C)C2)cc1OC. The molecule has 0 radical (unpaired) electrons. The topological polar surface area (TPSA) is 120 Å². The largest absolute Gasteiger partial charge is 0.493 e. The fourth-order valence-corrected chi connectivity index (χ4v) is 4.36. The number of methoxy groups -OCH3 is 2. The van der Waals surface area contributed by atoms with Crippen molar-refractivity contribution < 1.29 is 28.7 Å². The molecule has 2 aromatic rings. The third-order valence-electron chi connectivity index (χ3n) is 5.83. The predicted molar refractivity (Wildman–Crippen MR) is 130 cm³/mol. The summed E-state index contributed by atoms with van der Waals surface area (Å²) < 4.78 is 15.7. The fraction of sp³-hybridized carbons (Fsp3) is 0.440. The van der Waals surface area contributed by atoms with Crippen LogP contribution in [0.25, 0.3) is 0 Å². The number of carbonyl (C=O) groups excluding carboxylic acids is 2. The Morgan fingerprint density at radius 3 is 2.37 bits per heavy atom. The molecule has 1 aliphatic heterocycles. The summed E-state index contributed by atoms with van der Waals surface area (Å²) >= 11 is 0. The van der Waals surface area contributed by atoms with Gasteiger partial charge in [0.2, 0.25) is 0 Å². The molecule has 2 atom stereocenters. The number of nitro benzene ring substituents is 1. The van der Waals surface area contributed by atoms with Gasteiger partial charge in [-0.3, -0.25) is 19.7 Å². The number of carbonyl (C=O) groups is 2. The minimum atomic E-state index is -0.737. The number of likely N-dealkylation sites (tertiary alicyclic amines) is 1. The summed E-state index contributed by atoms with van der Waals surface area (Å²) in [5.41, 5.74) is -0.0510. The van der Waals surface area contributed by atoms with Gasteiger partial charge >= 0.3 is 0 Å². The maximum absolute atomic E-state index is 13.3. The zero-order valence-corrected chi connectivity index (χ0v) is 20.4. The molecule has 1 N–H and O–H groups in total. The van der Waals surface area contributed by atoms with E-state index in [9.17, 15) is 19.7 Å². The molecular formula is C25H31N3O7. The summed E-state index contributed by atoms with van der Waals surface area (Å²) in [7, 11) is 2.88. The van der Waals surface area contributed by atoms with Crippen molar-refractivity contribution in [1.82, 2.24) is 4.90 Å². The Bertz CT molecular complexity index is 1080. The first-order valence-electron chi connectivity index (χ1n) is 11.4. The highest BCUT2D eigenvalue weighted by Gasteiger charge is 2.29. The van der Waals surface area contributed by atoms with Gasteiger partial charge in [0.1, 0.15) is 12.2 Å². The van der Waals surface area contributed by atoms with Gasteiger partial charge < -0.3 is 24.4 Å². The molecule has 3 rings (SSSR count). The molecule has 2 aromatic carbocycles. The molecule has 10 heteroatoms. The second-order valence-electron chi connectivity index (χ2n) is 8.77. The van der Waals surface area contributed by atoms with Crippen LogP contribution in [0.5, 0.6) is 11.5 Å². The van der Waals surface area contributed by atoms with Gasteiger partial charge in [0, 0.05) is 26.3 Å². The Morgan fingerprint density at radius 1 is 1.06 bits per heavy atom. The Hall–Kier alpha value is -3.66. The molecule has 0 aromatic heterocycles. The number of anilines is 1. The normalized spacial score (nSPS) is 17.5. The minimum Gasteiger partial charge on any atom is -0.493 e. The Kier molecular flexibility index (Phi) is 8.64. The lowest BCUT2D eigenvalue weighted by Crippen LogP contribution is -2.42. The molecule has 1 aliphatic rings. The van der Waals surface area contributed by atoms with E-state index in [1.165, 1.54) is 20.3 Å². The van der Waals surface area contributed by atoms with Crippen LogP contribution in [0, 0.1) is 22.0 Å². The molecular weight excluding hydrogens is 454 g/mol. The number of nitrogens with zero attached hydrogens (tertiary/aromatic N) is 2. The van der Waals surface area contributed by atoms with E-state index < -0.39 is 16.5 Å². The standard InChI is InChI=1S/C25H31N3O7/c1-16-11-17(2)15-27(14-16)25(30)18-7-5-6-8-20(18)26-24(29)19-12-22(34-4)23(35-10-9-33-3)13-21(19)28(31)32/h5-8,12-13,16-17H,9-11,14-15H2,1-4H3,(H,26,29). The van der Waals surface area contributed by atoms with Crippen molar-refractivity contribution in [3.63, 3.8) is 0 Å². The average Bonchev–Trinajstić information content (AvgIpc) is 2.83. The van der Waals surface area contributed by atoms with Crippen LogP contribution in [0.3, 0.4) is 0 Å². The highest BCUT2D eigenvalue weighted by molar-refractivity contribution is 6.11. The van der Waals surface area contributed by atoms with E-state index in [2.05, 4.69) is 19.2 Å². The van der Waals surface area contributed by atoms with E-state index in [0.717, 1.165) is 12.5 Å². The molecule has 1 heterocycles. The van der Waals surface area contributed by atoms with Gasteiger partial charge in [-0.2, -0.15) is 0 Å². The number of piperidine rings is 1. The highest BCUT2D eigenvalue weighted by Crippen LogP contribution is 2.35. The van der Waals surface area contributed by atoms with Crippen LogP contribution in [-0.2, 0) is 4.74 Å². The number of rotatable bonds is 9. The number of ether oxygens (including phenoxy) is 3. The van der Waals surface area contributed by atoms with E-state index in [0.29, 0.717) is 30.5 Å². The quantitative estimate of drug-likeness (QED) is 0.324. The fourth-order valence-electron chi connectivity index (χ4n) is 4.36. The van der Waals surface area contributed by atoms with Gasteiger partial charge in [0.25, 0.3) is 17.5 Å². The van der Waals surface area contributed by atoms with Gasteiger partial charge in [0.05, 0.1) is 36.0 Å². The van der Waals surface area contributed by atoms with E-state index in [4.69, 9.17) is 14.2 Å². The van der Waals surface area contributed by atoms with Crippen molar-refractivity contribution >= 4 is 23.2 Å². The van der Waals surface area contributed by atoms with Gasteiger partial charge in [-0.25, -0.2) is 0 Å². The van der Waals surface area contributed by atoms with Crippen molar-refractivity contribution in [2.24, 2.45) is 11.8 Å². The second kappa shape index (κ2) is 11.7. The van der Waals surface area contributed by atoms with Gasteiger partial charge in [-0.1, -0.05) is 26.0 Å². The lowest BCUT2D eigenvalue weighted by Gasteiger charge is -2.35. The average molecular weight is 486 g/mol. The highest BCUT2D eigenvalue weighted by atomic mass is 16.6. The van der Waals surface area contributed by atoms with Crippen LogP contribution in [0.2, 0.25) is 0 Å². The molecule has 1 saturated heterocycles. The van der Waals surface area contributed by atoms with Gasteiger partial charge in [0.15, 0.2) is 11.5 Å². The van der Waals surface area contributed by atoms with E-state index in [1.54, 1.807) is 29.2 Å². The first-order chi connectivity index (χ1) is 16.7. The molecule has 1 fully saturated rings. The molecule has 0 bridgehead atoms. The molecule has 0 aliphatic carbocycles. The number of amides is 2. The maximum Gasteiger partial charge on any atom is 0.286 e. The van der Waals surface area contributed by atoms with Crippen molar-refractivity contribution in [2.45, 2.75) is 20.3 Å². The first-order valence-corrected chi connectivity index (χ1v) is 11.4. The minimum absolute atomic E-state index is 0.122.